The third-order valence-electron chi connectivity index (χ3n) is 3.39. The minimum absolute atomic E-state index is 0.0234. The molecule has 3 heterocycles. The van der Waals surface area contributed by atoms with Crippen LogP contribution in [0.15, 0.2) is 24.0 Å². The molecule has 0 radical (unpaired) electrons. The fourth-order valence-corrected chi connectivity index (χ4v) is 2.91. The number of piperazine rings is 1. The van der Waals surface area contributed by atoms with Crippen LogP contribution in [0.3, 0.4) is 0 Å². The van der Waals surface area contributed by atoms with E-state index in [1.165, 1.54) is 11.3 Å². The monoisotopic (exact) mass is 304 g/mol. The van der Waals surface area contributed by atoms with E-state index < -0.39 is 0 Å². The van der Waals surface area contributed by atoms with Crippen molar-refractivity contribution in [1.82, 2.24) is 19.9 Å². The molecule has 2 aromatic heterocycles. The average molecular weight is 304 g/mol. The number of amides is 1. The first kappa shape index (κ1) is 13.9. The number of nitrogens with two attached hydrogens (primary N) is 1. The van der Waals surface area contributed by atoms with Gasteiger partial charge in [-0.2, -0.15) is 0 Å². The van der Waals surface area contributed by atoms with E-state index in [9.17, 15) is 4.79 Å². The van der Waals surface area contributed by atoms with Crippen molar-refractivity contribution in [3.05, 3.63) is 34.7 Å². The van der Waals surface area contributed by atoms with Gasteiger partial charge in [0.15, 0.2) is 0 Å². The van der Waals surface area contributed by atoms with Crippen molar-refractivity contribution < 1.29 is 4.79 Å². The van der Waals surface area contributed by atoms with E-state index in [0.29, 0.717) is 25.3 Å². The van der Waals surface area contributed by atoms with Gasteiger partial charge in [-0.05, 0) is 0 Å². The Labute approximate surface area is 126 Å². The fraction of sp³-hybridized carbons (Fsp3) is 0.385. The Morgan fingerprint density at radius 2 is 2.10 bits per heavy atom. The highest BCUT2D eigenvalue weighted by molar-refractivity contribution is 7.09. The van der Waals surface area contributed by atoms with Gasteiger partial charge in [0.25, 0.3) is 5.91 Å². The number of rotatable bonds is 3. The number of carbonyl (C=O) groups is 1. The first-order valence-corrected chi connectivity index (χ1v) is 7.60. The second-order valence-corrected chi connectivity index (χ2v) is 5.62. The number of thiazole rings is 1. The molecule has 0 unspecified atom stereocenters. The Kier molecular flexibility index (Phi) is 4.07. The van der Waals surface area contributed by atoms with Gasteiger partial charge < -0.3 is 15.5 Å². The molecule has 1 aliphatic heterocycles. The van der Waals surface area contributed by atoms with E-state index in [2.05, 4.69) is 19.9 Å². The molecule has 1 aliphatic rings. The van der Waals surface area contributed by atoms with Crippen LogP contribution in [0.4, 0.5) is 5.82 Å². The first-order chi connectivity index (χ1) is 10.3. The van der Waals surface area contributed by atoms with Crippen LogP contribution in [-0.2, 0) is 6.54 Å². The maximum absolute atomic E-state index is 12.4. The zero-order valence-corrected chi connectivity index (χ0v) is 12.3. The van der Waals surface area contributed by atoms with Gasteiger partial charge in [0.2, 0.25) is 0 Å². The van der Waals surface area contributed by atoms with E-state index in [4.69, 9.17) is 5.73 Å². The Bertz CT molecular complexity index is 608. The van der Waals surface area contributed by atoms with Crippen LogP contribution < -0.4 is 10.6 Å². The molecule has 1 saturated heterocycles. The van der Waals surface area contributed by atoms with E-state index in [-0.39, 0.29) is 5.91 Å². The van der Waals surface area contributed by atoms with Gasteiger partial charge in [0.05, 0.1) is 6.20 Å². The lowest BCUT2D eigenvalue weighted by Crippen LogP contribution is -2.49. The Morgan fingerprint density at radius 1 is 1.29 bits per heavy atom. The third kappa shape index (κ3) is 3.01. The molecule has 8 heteroatoms. The second-order valence-electron chi connectivity index (χ2n) is 4.67. The summed E-state index contributed by atoms with van der Waals surface area (Å²) in [6.45, 7) is 3.19. The first-order valence-electron chi connectivity index (χ1n) is 6.72. The molecule has 2 N–H and O–H groups in total. The standard InChI is InChI=1S/C13H16N6OS/c14-7-12-17-10(9-21-12)13(20)19-5-3-18(4-6-19)11-8-15-1-2-16-11/h1-2,8-9H,3-7,14H2. The van der Waals surface area contributed by atoms with Crippen LogP contribution in [0, 0.1) is 0 Å². The molecule has 1 fully saturated rings. The van der Waals surface area contributed by atoms with Crippen LogP contribution in [0.2, 0.25) is 0 Å². The van der Waals surface area contributed by atoms with Crippen molar-refractivity contribution in [2.45, 2.75) is 6.54 Å². The highest BCUT2D eigenvalue weighted by Crippen LogP contribution is 2.15. The van der Waals surface area contributed by atoms with Crippen molar-refractivity contribution in [2.24, 2.45) is 5.73 Å². The molecule has 3 rings (SSSR count). The van der Waals surface area contributed by atoms with Crippen molar-refractivity contribution in [3.8, 4) is 0 Å². The maximum Gasteiger partial charge on any atom is 0.273 e. The second kappa shape index (κ2) is 6.15. The largest absolute Gasteiger partial charge is 0.352 e. The summed E-state index contributed by atoms with van der Waals surface area (Å²) in [5.74, 6) is 0.827. The molecule has 21 heavy (non-hydrogen) atoms. The van der Waals surface area contributed by atoms with Crippen molar-refractivity contribution in [3.63, 3.8) is 0 Å². The predicted octanol–water partition coefficient (Wildman–Crippen LogP) is 0.354. The molecule has 2 aromatic rings. The Hall–Kier alpha value is -2.06. The maximum atomic E-state index is 12.4. The number of aromatic nitrogens is 3. The molecule has 0 spiro atoms. The highest BCUT2D eigenvalue weighted by Gasteiger charge is 2.24. The van der Waals surface area contributed by atoms with Crippen LogP contribution in [0.25, 0.3) is 0 Å². The molecule has 7 nitrogen and oxygen atoms in total. The molecule has 0 bridgehead atoms. The quantitative estimate of drug-likeness (QED) is 0.880. The lowest BCUT2D eigenvalue weighted by atomic mass is 10.3. The van der Waals surface area contributed by atoms with Crippen molar-refractivity contribution in [1.29, 1.82) is 0 Å². The molecular weight excluding hydrogens is 288 g/mol. The Morgan fingerprint density at radius 3 is 2.71 bits per heavy atom. The molecule has 0 aliphatic carbocycles. The topological polar surface area (TPSA) is 88.2 Å². The van der Waals surface area contributed by atoms with Gasteiger partial charge in [-0.1, -0.05) is 0 Å². The molecule has 0 atom stereocenters. The van der Waals surface area contributed by atoms with Crippen LogP contribution in [-0.4, -0.2) is 51.9 Å². The number of nitrogens with zero attached hydrogens (tertiary/aromatic N) is 5. The summed E-state index contributed by atoms with van der Waals surface area (Å²) in [4.78, 5) is 28.9. The molecular formula is C13H16N6OS. The Balaban J connectivity index is 1.61. The van der Waals surface area contributed by atoms with E-state index in [0.717, 1.165) is 23.9 Å². The van der Waals surface area contributed by atoms with Gasteiger partial charge in [-0.3, -0.25) is 9.78 Å². The SMILES string of the molecule is NCc1nc(C(=O)N2CCN(c3cnccn3)CC2)cs1. The smallest absolute Gasteiger partial charge is 0.273 e. The van der Waals surface area contributed by atoms with Gasteiger partial charge in [-0.15, -0.1) is 11.3 Å². The number of anilines is 1. The zero-order chi connectivity index (χ0) is 14.7. The van der Waals surface area contributed by atoms with Gasteiger partial charge in [0.1, 0.15) is 16.5 Å². The van der Waals surface area contributed by atoms with E-state index in [1.54, 1.807) is 24.0 Å². The van der Waals surface area contributed by atoms with Gasteiger partial charge >= 0.3 is 0 Å². The summed E-state index contributed by atoms with van der Waals surface area (Å²) in [6, 6.07) is 0. The van der Waals surface area contributed by atoms with Gasteiger partial charge in [-0.25, -0.2) is 9.97 Å². The van der Waals surface area contributed by atoms with Crippen LogP contribution in [0.5, 0.6) is 0 Å². The summed E-state index contributed by atoms with van der Waals surface area (Å²) in [6.07, 6.45) is 5.07. The molecule has 0 saturated carbocycles. The fourth-order valence-electron chi connectivity index (χ4n) is 2.26. The predicted molar refractivity (Wildman–Crippen MR) is 80.2 cm³/mol. The number of hydrogen-bond donors (Lipinski definition) is 1. The number of carbonyl (C=O) groups excluding carboxylic acids is 1. The lowest BCUT2D eigenvalue weighted by Gasteiger charge is -2.34. The van der Waals surface area contributed by atoms with E-state index in [1.807, 2.05) is 4.90 Å². The lowest BCUT2D eigenvalue weighted by molar-refractivity contribution is 0.0741. The summed E-state index contributed by atoms with van der Waals surface area (Å²) in [7, 11) is 0. The number of hydrogen-bond acceptors (Lipinski definition) is 7. The summed E-state index contributed by atoms with van der Waals surface area (Å²) in [5, 5.41) is 2.57. The summed E-state index contributed by atoms with van der Waals surface area (Å²) in [5.41, 5.74) is 6.02. The minimum Gasteiger partial charge on any atom is -0.352 e. The molecule has 0 aromatic carbocycles. The summed E-state index contributed by atoms with van der Waals surface area (Å²) < 4.78 is 0. The van der Waals surface area contributed by atoms with Gasteiger partial charge in [0, 0.05) is 50.5 Å². The van der Waals surface area contributed by atoms with Crippen molar-refractivity contribution in [2.75, 3.05) is 31.1 Å². The zero-order valence-electron chi connectivity index (χ0n) is 11.5. The van der Waals surface area contributed by atoms with Crippen molar-refractivity contribution >= 4 is 23.1 Å². The summed E-state index contributed by atoms with van der Waals surface area (Å²) >= 11 is 1.43. The third-order valence-corrected chi connectivity index (χ3v) is 4.26. The average Bonchev–Trinajstić information content (AvgIpc) is 3.04. The normalized spacial score (nSPS) is 15.3. The van der Waals surface area contributed by atoms with Crippen LogP contribution >= 0.6 is 11.3 Å². The van der Waals surface area contributed by atoms with Crippen LogP contribution in [0.1, 0.15) is 15.5 Å². The van der Waals surface area contributed by atoms with E-state index >= 15 is 0 Å². The highest BCUT2D eigenvalue weighted by atomic mass is 32.1. The molecule has 1 amide bonds. The molecule has 110 valence electrons. The minimum atomic E-state index is -0.0234.